The second kappa shape index (κ2) is 6.78. The van der Waals surface area contributed by atoms with Crippen LogP contribution in [0.3, 0.4) is 0 Å². The molecule has 0 radical (unpaired) electrons. The van der Waals surface area contributed by atoms with Gasteiger partial charge in [-0.3, -0.25) is 4.79 Å². The molecule has 4 nitrogen and oxygen atoms in total. The predicted octanol–water partition coefficient (Wildman–Crippen LogP) is 2.37. The fraction of sp³-hybridized carbons (Fsp3) is 0.462. The van der Waals surface area contributed by atoms with Crippen molar-refractivity contribution in [3.8, 4) is 5.75 Å². The third kappa shape index (κ3) is 4.34. The van der Waals surface area contributed by atoms with E-state index in [0.717, 1.165) is 30.0 Å². The Bertz CT molecular complexity index is 377. The summed E-state index contributed by atoms with van der Waals surface area (Å²) in [5.41, 5.74) is 2.12. The number of hydrogen-bond donors (Lipinski definition) is 1. The van der Waals surface area contributed by atoms with Gasteiger partial charge in [0.15, 0.2) is 0 Å². The summed E-state index contributed by atoms with van der Waals surface area (Å²) in [6.45, 7) is 2.75. The van der Waals surface area contributed by atoms with Gasteiger partial charge in [0.2, 0.25) is 0 Å². The maximum Gasteiger partial charge on any atom is 0.305 e. The monoisotopic (exact) mass is 237 g/mol. The summed E-state index contributed by atoms with van der Waals surface area (Å²) in [5, 5.41) is 3.25. The van der Waals surface area contributed by atoms with Crippen LogP contribution in [0.25, 0.3) is 0 Å². The first-order chi connectivity index (χ1) is 8.17. The Labute approximate surface area is 102 Å². The van der Waals surface area contributed by atoms with Gasteiger partial charge in [-0.05, 0) is 37.1 Å². The highest BCUT2D eigenvalue weighted by molar-refractivity contribution is 5.69. The molecule has 0 aromatic heterocycles. The maximum atomic E-state index is 10.9. The Hall–Kier alpha value is -1.71. The van der Waals surface area contributed by atoms with E-state index < -0.39 is 0 Å². The van der Waals surface area contributed by atoms with Crippen LogP contribution in [0.1, 0.15) is 18.4 Å². The van der Waals surface area contributed by atoms with Crippen molar-refractivity contribution < 1.29 is 14.3 Å². The summed E-state index contributed by atoms with van der Waals surface area (Å²) in [7, 11) is 3.06. The van der Waals surface area contributed by atoms with Gasteiger partial charge in [0.05, 0.1) is 14.2 Å². The van der Waals surface area contributed by atoms with Crippen LogP contribution >= 0.6 is 0 Å². The smallest absolute Gasteiger partial charge is 0.305 e. The third-order valence-electron chi connectivity index (χ3n) is 2.51. The van der Waals surface area contributed by atoms with Gasteiger partial charge in [-0.1, -0.05) is 0 Å². The summed E-state index contributed by atoms with van der Waals surface area (Å²) in [5.74, 6) is 0.711. The van der Waals surface area contributed by atoms with Crippen molar-refractivity contribution in [3.05, 3.63) is 23.8 Å². The van der Waals surface area contributed by atoms with Gasteiger partial charge >= 0.3 is 5.97 Å². The van der Waals surface area contributed by atoms with E-state index in [0.29, 0.717) is 6.42 Å². The van der Waals surface area contributed by atoms with Crippen molar-refractivity contribution in [1.82, 2.24) is 0 Å². The van der Waals surface area contributed by atoms with Crippen molar-refractivity contribution in [2.75, 3.05) is 26.1 Å². The fourth-order valence-corrected chi connectivity index (χ4v) is 1.56. The number of benzene rings is 1. The van der Waals surface area contributed by atoms with Crippen molar-refractivity contribution in [2.24, 2.45) is 0 Å². The molecule has 0 saturated carbocycles. The number of nitrogens with one attached hydrogen (secondary N) is 1. The average Bonchev–Trinajstić information content (AvgIpc) is 2.34. The molecule has 0 spiro atoms. The highest BCUT2D eigenvalue weighted by Gasteiger charge is 2.01. The maximum absolute atomic E-state index is 10.9. The van der Waals surface area contributed by atoms with Crippen LogP contribution in [0.2, 0.25) is 0 Å². The molecule has 0 aliphatic carbocycles. The first-order valence-electron chi connectivity index (χ1n) is 5.62. The lowest BCUT2D eigenvalue weighted by molar-refractivity contribution is -0.140. The van der Waals surface area contributed by atoms with E-state index in [-0.39, 0.29) is 5.97 Å². The number of carbonyl (C=O) groups excluding carboxylic acids is 1. The Kier molecular flexibility index (Phi) is 5.33. The molecule has 0 aliphatic heterocycles. The van der Waals surface area contributed by atoms with Gasteiger partial charge < -0.3 is 14.8 Å². The zero-order valence-electron chi connectivity index (χ0n) is 10.6. The highest BCUT2D eigenvalue weighted by Crippen LogP contribution is 2.21. The number of hydrogen-bond acceptors (Lipinski definition) is 4. The average molecular weight is 237 g/mol. The molecule has 0 aliphatic rings. The molecular weight excluding hydrogens is 218 g/mol. The van der Waals surface area contributed by atoms with Crippen molar-refractivity contribution in [2.45, 2.75) is 19.8 Å². The molecular formula is C13H19NO3. The van der Waals surface area contributed by atoms with Crippen LogP contribution in [0.15, 0.2) is 18.2 Å². The second-order valence-electron chi connectivity index (χ2n) is 3.79. The number of ether oxygens (including phenoxy) is 2. The minimum absolute atomic E-state index is 0.169. The molecule has 0 fully saturated rings. The zero-order valence-corrected chi connectivity index (χ0v) is 10.6. The number of esters is 1. The summed E-state index contributed by atoms with van der Waals surface area (Å²) in [4.78, 5) is 10.9. The Morgan fingerprint density at radius 3 is 2.71 bits per heavy atom. The molecule has 1 N–H and O–H groups in total. The van der Waals surface area contributed by atoms with Crippen LogP contribution in [-0.2, 0) is 9.53 Å². The van der Waals surface area contributed by atoms with E-state index in [1.165, 1.54) is 7.11 Å². The molecule has 0 unspecified atom stereocenters. The van der Waals surface area contributed by atoms with Crippen LogP contribution < -0.4 is 10.1 Å². The number of rotatable bonds is 6. The SMILES string of the molecule is COC(=O)CCCNc1ccc(OC)c(C)c1. The van der Waals surface area contributed by atoms with Crippen LogP contribution in [0.5, 0.6) is 5.75 Å². The highest BCUT2D eigenvalue weighted by atomic mass is 16.5. The molecule has 0 atom stereocenters. The van der Waals surface area contributed by atoms with E-state index >= 15 is 0 Å². The van der Waals surface area contributed by atoms with Gasteiger partial charge in [0, 0.05) is 18.7 Å². The fourth-order valence-electron chi connectivity index (χ4n) is 1.56. The van der Waals surface area contributed by atoms with Crippen LogP contribution in [0, 0.1) is 6.92 Å². The molecule has 0 bridgehead atoms. The molecule has 0 heterocycles. The first kappa shape index (κ1) is 13.4. The minimum Gasteiger partial charge on any atom is -0.496 e. The quantitative estimate of drug-likeness (QED) is 0.609. The largest absolute Gasteiger partial charge is 0.496 e. The first-order valence-corrected chi connectivity index (χ1v) is 5.62. The molecule has 0 amide bonds. The minimum atomic E-state index is -0.169. The lowest BCUT2D eigenvalue weighted by Gasteiger charge is -2.09. The van der Waals surface area contributed by atoms with E-state index in [2.05, 4.69) is 10.1 Å². The van der Waals surface area contributed by atoms with E-state index in [9.17, 15) is 4.79 Å². The van der Waals surface area contributed by atoms with Gasteiger partial charge in [-0.25, -0.2) is 0 Å². The summed E-state index contributed by atoms with van der Waals surface area (Å²) >= 11 is 0. The lowest BCUT2D eigenvalue weighted by atomic mass is 10.2. The Morgan fingerprint density at radius 2 is 2.12 bits per heavy atom. The van der Waals surface area contributed by atoms with Gasteiger partial charge in [-0.15, -0.1) is 0 Å². The molecule has 1 rings (SSSR count). The Balaban J connectivity index is 2.37. The summed E-state index contributed by atoms with van der Waals surface area (Å²) in [6.07, 6.45) is 1.20. The standard InChI is InChI=1S/C13H19NO3/c1-10-9-11(6-7-12(10)16-2)14-8-4-5-13(15)17-3/h6-7,9,14H,4-5,8H2,1-3H3. The van der Waals surface area contributed by atoms with E-state index in [1.807, 2.05) is 25.1 Å². The van der Waals surface area contributed by atoms with E-state index in [1.54, 1.807) is 7.11 Å². The van der Waals surface area contributed by atoms with Crippen LogP contribution in [-0.4, -0.2) is 26.7 Å². The number of carbonyl (C=O) groups is 1. The van der Waals surface area contributed by atoms with Crippen molar-refractivity contribution in [1.29, 1.82) is 0 Å². The summed E-state index contributed by atoms with van der Waals surface area (Å²) in [6, 6.07) is 5.92. The van der Waals surface area contributed by atoms with Crippen LogP contribution in [0.4, 0.5) is 5.69 Å². The molecule has 17 heavy (non-hydrogen) atoms. The molecule has 94 valence electrons. The zero-order chi connectivity index (χ0) is 12.7. The third-order valence-corrected chi connectivity index (χ3v) is 2.51. The topological polar surface area (TPSA) is 47.6 Å². The predicted molar refractivity (Wildman–Crippen MR) is 67.5 cm³/mol. The molecule has 0 saturated heterocycles. The number of anilines is 1. The van der Waals surface area contributed by atoms with Crippen molar-refractivity contribution >= 4 is 11.7 Å². The molecule has 1 aromatic rings. The number of aryl methyl sites for hydroxylation is 1. The second-order valence-corrected chi connectivity index (χ2v) is 3.79. The van der Waals surface area contributed by atoms with Gasteiger partial charge in [0.25, 0.3) is 0 Å². The number of methoxy groups -OCH3 is 2. The normalized spacial score (nSPS) is 9.82. The Morgan fingerprint density at radius 1 is 1.35 bits per heavy atom. The van der Waals surface area contributed by atoms with Gasteiger partial charge in [0.1, 0.15) is 5.75 Å². The van der Waals surface area contributed by atoms with Crippen molar-refractivity contribution in [3.63, 3.8) is 0 Å². The summed E-state index contributed by atoms with van der Waals surface area (Å²) < 4.78 is 9.75. The lowest BCUT2D eigenvalue weighted by Crippen LogP contribution is -2.06. The molecule has 1 aromatic carbocycles. The van der Waals surface area contributed by atoms with Gasteiger partial charge in [-0.2, -0.15) is 0 Å². The van der Waals surface area contributed by atoms with E-state index in [4.69, 9.17) is 4.74 Å². The molecule has 4 heteroatoms.